The SMILES string of the molecule is C=C(C)[C@@H]1CCC(C)=C[C@H]1c1c(O)cc(CCC)cc1OC(=O)COP(=O)(O)OCc1ccccc1. The monoisotopic (exact) mass is 514 g/mol. The van der Waals surface area contributed by atoms with E-state index in [0.717, 1.165) is 30.4 Å². The maximum Gasteiger partial charge on any atom is 0.473 e. The van der Waals surface area contributed by atoms with Crippen LogP contribution in [0.15, 0.2) is 66.3 Å². The maximum absolute atomic E-state index is 12.7. The van der Waals surface area contributed by atoms with E-state index in [-0.39, 0.29) is 29.9 Å². The highest BCUT2D eigenvalue weighted by Gasteiger charge is 2.32. The second-order valence-corrected chi connectivity index (χ2v) is 10.7. The first-order valence-electron chi connectivity index (χ1n) is 12.1. The third kappa shape index (κ3) is 7.65. The number of benzene rings is 2. The van der Waals surface area contributed by atoms with Gasteiger partial charge in [-0.1, -0.05) is 67.5 Å². The molecule has 2 aromatic carbocycles. The third-order valence-corrected chi connectivity index (χ3v) is 7.15. The van der Waals surface area contributed by atoms with Gasteiger partial charge in [0, 0.05) is 11.5 Å². The Morgan fingerprint density at radius 1 is 1.17 bits per heavy atom. The molecule has 0 aromatic heterocycles. The van der Waals surface area contributed by atoms with Crippen molar-refractivity contribution in [3.8, 4) is 11.5 Å². The Morgan fingerprint density at radius 2 is 1.89 bits per heavy atom. The summed E-state index contributed by atoms with van der Waals surface area (Å²) in [5.74, 6) is -0.744. The van der Waals surface area contributed by atoms with Crippen LogP contribution in [0.1, 0.15) is 62.6 Å². The Morgan fingerprint density at radius 3 is 2.56 bits per heavy atom. The van der Waals surface area contributed by atoms with E-state index in [1.165, 1.54) is 5.57 Å². The van der Waals surface area contributed by atoms with Crippen LogP contribution in [0, 0.1) is 5.92 Å². The predicted octanol–water partition coefficient (Wildman–Crippen LogP) is 6.60. The van der Waals surface area contributed by atoms with Gasteiger partial charge < -0.3 is 14.7 Å². The molecule has 3 rings (SSSR count). The van der Waals surface area contributed by atoms with Crippen molar-refractivity contribution in [3.63, 3.8) is 0 Å². The van der Waals surface area contributed by atoms with Gasteiger partial charge in [0.1, 0.15) is 11.5 Å². The number of hydrogen-bond acceptors (Lipinski definition) is 6. The van der Waals surface area contributed by atoms with Crippen molar-refractivity contribution >= 4 is 13.8 Å². The van der Waals surface area contributed by atoms with E-state index < -0.39 is 20.4 Å². The van der Waals surface area contributed by atoms with Crippen molar-refractivity contribution in [2.45, 2.75) is 59.0 Å². The summed E-state index contributed by atoms with van der Waals surface area (Å²) in [6.45, 7) is 9.22. The van der Waals surface area contributed by atoms with E-state index in [1.807, 2.05) is 26.8 Å². The lowest BCUT2D eigenvalue weighted by Crippen LogP contribution is -2.20. The molecule has 0 radical (unpaired) electrons. The average Bonchev–Trinajstić information content (AvgIpc) is 2.82. The van der Waals surface area contributed by atoms with Gasteiger partial charge in [0.25, 0.3) is 0 Å². The van der Waals surface area contributed by atoms with E-state index in [2.05, 4.69) is 12.7 Å². The lowest BCUT2D eigenvalue weighted by Gasteiger charge is -2.32. The van der Waals surface area contributed by atoms with Crippen molar-refractivity contribution in [2.75, 3.05) is 6.61 Å². The van der Waals surface area contributed by atoms with Crippen LogP contribution in [0.25, 0.3) is 0 Å². The summed E-state index contributed by atoms with van der Waals surface area (Å²) in [4.78, 5) is 22.7. The summed E-state index contributed by atoms with van der Waals surface area (Å²) in [6, 6.07) is 12.3. The van der Waals surface area contributed by atoms with Gasteiger partial charge in [-0.3, -0.25) is 9.05 Å². The fourth-order valence-electron chi connectivity index (χ4n) is 4.48. The molecule has 0 heterocycles. The lowest BCUT2D eigenvalue weighted by atomic mass is 9.73. The van der Waals surface area contributed by atoms with Gasteiger partial charge in [-0.05, 0) is 62.3 Å². The zero-order chi connectivity index (χ0) is 26.3. The highest BCUT2D eigenvalue weighted by Crippen LogP contribution is 2.47. The van der Waals surface area contributed by atoms with E-state index in [0.29, 0.717) is 17.5 Å². The van der Waals surface area contributed by atoms with Crippen molar-refractivity contribution in [1.29, 1.82) is 0 Å². The number of phosphoric acid groups is 1. The van der Waals surface area contributed by atoms with E-state index in [9.17, 15) is 19.4 Å². The first kappa shape index (κ1) is 27.9. The van der Waals surface area contributed by atoms with Crippen LogP contribution in [0.5, 0.6) is 11.5 Å². The first-order valence-corrected chi connectivity index (χ1v) is 13.6. The number of carbonyl (C=O) groups excluding carboxylic acids is 1. The number of carbonyl (C=O) groups is 1. The van der Waals surface area contributed by atoms with Gasteiger partial charge in [0.2, 0.25) is 0 Å². The Labute approximate surface area is 213 Å². The molecule has 1 aliphatic rings. The third-order valence-electron chi connectivity index (χ3n) is 6.24. The topological polar surface area (TPSA) is 102 Å². The zero-order valence-corrected chi connectivity index (χ0v) is 22.0. The first-order chi connectivity index (χ1) is 17.1. The quantitative estimate of drug-likeness (QED) is 0.151. The van der Waals surface area contributed by atoms with Gasteiger partial charge in [0.15, 0.2) is 6.61 Å². The largest absolute Gasteiger partial charge is 0.507 e. The van der Waals surface area contributed by atoms with Gasteiger partial charge >= 0.3 is 13.8 Å². The molecule has 0 saturated heterocycles. The van der Waals surface area contributed by atoms with Crippen LogP contribution in [0.3, 0.4) is 0 Å². The van der Waals surface area contributed by atoms with E-state index >= 15 is 0 Å². The highest BCUT2D eigenvalue weighted by molar-refractivity contribution is 7.47. The smallest absolute Gasteiger partial charge is 0.473 e. The Balaban J connectivity index is 1.79. The molecule has 0 amide bonds. The Bertz CT molecular complexity index is 1160. The van der Waals surface area contributed by atoms with Crippen LogP contribution in [-0.4, -0.2) is 22.6 Å². The van der Waals surface area contributed by atoms with E-state index in [4.69, 9.17) is 13.8 Å². The molecular weight excluding hydrogens is 479 g/mol. The molecule has 1 unspecified atom stereocenters. The minimum atomic E-state index is -4.49. The zero-order valence-electron chi connectivity index (χ0n) is 21.1. The molecule has 8 heteroatoms. The molecule has 1 aliphatic carbocycles. The molecule has 194 valence electrons. The van der Waals surface area contributed by atoms with Crippen molar-refractivity contribution in [3.05, 3.63) is 83.0 Å². The second-order valence-electron chi connectivity index (χ2n) is 9.28. The fourth-order valence-corrected chi connectivity index (χ4v) is 5.14. The molecule has 0 bridgehead atoms. The van der Waals surface area contributed by atoms with Crippen LogP contribution in [0.4, 0.5) is 0 Å². The van der Waals surface area contributed by atoms with Gasteiger partial charge in [-0.2, -0.15) is 0 Å². The molecule has 2 N–H and O–H groups in total. The summed E-state index contributed by atoms with van der Waals surface area (Å²) in [5.41, 5.74) is 4.19. The number of phenolic OH excluding ortho intramolecular Hbond substituents is 1. The molecule has 3 atom stereocenters. The highest BCUT2D eigenvalue weighted by atomic mass is 31.2. The number of rotatable bonds is 11. The molecule has 7 nitrogen and oxygen atoms in total. The van der Waals surface area contributed by atoms with Crippen LogP contribution in [-0.2, 0) is 31.4 Å². The number of aryl methyl sites for hydroxylation is 1. The summed E-state index contributed by atoms with van der Waals surface area (Å²) in [5, 5.41) is 11.0. The molecule has 0 fully saturated rings. The lowest BCUT2D eigenvalue weighted by molar-refractivity contribution is -0.137. The number of ether oxygens (including phenoxy) is 1. The van der Waals surface area contributed by atoms with Crippen molar-refractivity contribution < 1.29 is 33.1 Å². The summed E-state index contributed by atoms with van der Waals surface area (Å²) < 4.78 is 27.7. The normalized spacial score (nSPS) is 19.3. The van der Waals surface area contributed by atoms with Crippen molar-refractivity contribution in [1.82, 2.24) is 0 Å². The summed E-state index contributed by atoms with van der Waals surface area (Å²) >= 11 is 0. The molecule has 0 aliphatic heterocycles. The summed E-state index contributed by atoms with van der Waals surface area (Å²) in [6.07, 6.45) is 5.43. The number of hydrogen-bond donors (Lipinski definition) is 2. The minimum Gasteiger partial charge on any atom is -0.507 e. The van der Waals surface area contributed by atoms with Crippen LogP contribution < -0.4 is 4.74 Å². The molecular formula is C28H35O7P. The Hall–Kier alpha value is -2.70. The Kier molecular flexibility index (Phi) is 9.69. The maximum atomic E-state index is 12.7. The molecule has 0 spiro atoms. The number of allylic oxidation sites excluding steroid dienone is 3. The van der Waals surface area contributed by atoms with Crippen LogP contribution >= 0.6 is 7.82 Å². The average molecular weight is 515 g/mol. The predicted molar refractivity (Wildman–Crippen MR) is 139 cm³/mol. The second kappa shape index (κ2) is 12.5. The molecule has 36 heavy (non-hydrogen) atoms. The van der Waals surface area contributed by atoms with Gasteiger partial charge in [-0.25, -0.2) is 9.36 Å². The van der Waals surface area contributed by atoms with Gasteiger partial charge in [0.05, 0.1) is 6.61 Å². The van der Waals surface area contributed by atoms with Crippen molar-refractivity contribution in [2.24, 2.45) is 5.92 Å². The molecule has 0 saturated carbocycles. The van der Waals surface area contributed by atoms with Gasteiger partial charge in [-0.15, -0.1) is 0 Å². The number of phosphoric ester groups is 1. The van der Waals surface area contributed by atoms with Crippen LogP contribution in [0.2, 0.25) is 0 Å². The fraction of sp³-hybridized carbons (Fsp3) is 0.393. The number of aromatic hydroxyl groups is 1. The number of phenols is 1. The minimum absolute atomic E-state index is 0.0471. The summed E-state index contributed by atoms with van der Waals surface area (Å²) in [7, 11) is -4.49. The standard InChI is InChI=1S/C28H35O7P/c1-5-9-22-15-25(29)28(24-14-20(4)12-13-23(24)19(2)3)26(16-22)35-27(30)18-34-36(31,32)33-17-21-10-7-6-8-11-21/h6-8,10-11,14-16,23-24,29H,2,5,9,12-13,17-18H2,1,3-4H3,(H,31,32)/t23-,24+/m0/s1. The number of esters is 1. The molecule has 2 aromatic rings. The van der Waals surface area contributed by atoms with E-state index in [1.54, 1.807) is 36.4 Å².